The molecule has 2 aromatic rings. The Kier molecular flexibility index (Phi) is 4.66. The van der Waals surface area contributed by atoms with Gasteiger partial charge >= 0.3 is 0 Å². The number of aliphatic hydroxyl groups is 2. The van der Waals surface area contributed by atoms with E-state index in [2.05, 4.69) is 0 Å². The van der Waals surface area contributed by atoms with E-state index in [1.165, 1.54) is 0 Å². The van der Waals surface area contributed by atoms with Gasteiger partial charge in [0.15, 0.2) is 0 Å². The normalized spacial score (nSPS) is 15.3. The fourth-order valence-electron chi connectivity index (χ4n) is 2.19. The van der Waals surface area contributed by atoms with E-state index in [1.807, 2.05) is 55.5 Å². The molecule has 2 atom stereocenters. The van der Waals surface area contributed by atoms with E-state index in [-0.39, 0.29) is 6.61 Å². The van der Waals surface area contributed by atoms with Crippen molar-refractivity contribution in [1.82, 2.24) is 0 Å². The van der Waals surface area contributed by atoms with Crippen LogP contribution in [0.3, 0.4) is 0 Å². The van der Waals surface area contributed by atoms with E-state index in [4.69, 9.17) is 4.74 Å². The lowest BCUT2D eigenvalue weighted by atomic mass is 9.97. The number of hydrogen-bond donors (Lipinski definition) is 2. The van der Waals surface area contributed by atoms with Crippen molar-refractivity contribution in [2.24, 2.45) is 0 Å². The Hall–Kier alpha value is -1.84. The quantitative estimate of drug-likeness (QED) is 0.886. The number of aliphatic hydroxyl groups excluding tert-OH is 1. The van der Waals surface area contributed by atoms with E-state index >= 15 is 0 Å². The van der Waals surface area contributed by atoms with Crippen molar-refractivity contribution in [1.29, 1.82) is 0 Å². The molecule has 0 amide bonds. The maximum absolute atomic E-state index is 10.5. The smallest absolute Gasteiger partial charge is 0.122 e. The lowest BCUT2D eigenvalue weighted by Gasteiger charge is -2.24. The minimum absolute atomic E-state index is 0.172. The second-order valence-corrected chi connectivity index (χ2v) is 5.63. The molecule has 21 heavy (non-hydrogen) atoms. The van der Waals surface area contributed by atoms with Crippen LogP contribution in [0.25, 0.3) is 0 Å². The molecular formula is C18H22O3. The molecule has 112 valence electrons. The average Bonchev–Trinajstić information content (AvgIpc) is 2.46. The maximum Gasteiger partial charge on any atom is 0.122 e. The minimum Gasteiger partial charge on any atom is -0.490 e. The predicted molar refractivity (Wildman–Crippen MR) is 83.3 cm³/mol. The Morgan fingerprint density at radius 3 is 2.38 bits per heavy atom. The Labute approximate surface area is 125 Å². The molecule has 0 aliphatic heterocycles. The van der Waals surface area contributed by atoms with Crippen molar-refractivity contribution in [2.75, 3.05) is 6.61 Å². The zero-order valence-electron chi connectivity index (χ0n) is 12.7. The SMILES string of the molecule is Cc1cc([C@H](C)O)ccc1OCC(C)(O)c1ccccc1. The number of ether oxygens (including phenoxy) is 1. The molecule has 0 spiro atoms. The van der Waals surface area contributed by atoms with Crippen LogP contribution in [0.1, 0.15) is 36.6 Å². The van der Waals surface area contributed by atoms with Crippen molar-refractivity contribution in [3.05, 3.63) is 65.2 Å². The lowest BCUT2D eigenvalue weighted by Crippen LogP contribution is -2.29. The molecule has 3 heteroatoms. The van der Waals surface area contributed by atoms with Crippen molar-refractivity contribution >= 4 is 0 Å². The standard InChI is InChI=1S/C18H22O3/c1-13-11-15(14(2)19)9-10-17(13)21-12-18(3,20)16-7-5-4-6-8-16/h4-11,14,19-20H,12H2,1-3H3/t14-,18?/m0/s1. The van der Waals surface area contributed by atoms with Gasteiger partial charge in [-0.1, -0.05) is 36.4 Å². The first-order valence-corrected chi connectivity index (χ1v) is 7.09. The van der Waals surface area contributed by atoms with Gasteiger partial charge in [0.2, 0.25) is 0 Å². The van der Waals surface area contributed by atoms with Crippen LogP contribution in [0.2, 0.25) is 0 Å². The Morgan fingerprint density at radius 2 is 1.81 bits per heavy atom. The lowest BCUT2D eigenvalue weighted by molar-refractivity contribution is 0.00737. The van der Waals surface area contributed by atoms with Gasteiger partial charge in [-0.25, -0.2) is 0 Å². The summed E-state index contributed by atoms with van der Waals surface area (Å²) in [4.78, 5) is 0. The summed E-state index contributed by atoms with van der Waals surface area (Å²) in [5.41, 5.74) is 1.58. The third-order valence-electron chi connectivity index (χ3n) is 3.59. The van der Waals surface area contributed by atoms with E-state index in [1.54, 1.807) is 13.8 Å². The highest BCUT2D eigenvalue weighted by Gasteiger charge is 2.24. The van der Waals surface area contributed by atoms with Crippen molar-refractivity contribution in [3.63, 3.8) is 0 Å². The summed E-state index contributed by atoms with van der Waals surface area (Å²) in [6.07, 6.45) is -0.495. The summed E-state index contributed by atoms with van der Waals surface area (Å²) in [5.74, 6) is 0.718. The molecule has 0 aromatic heterocycles. The van der Waals surface area contributed by atoms with Crippen LogP contribution in [0.5, 0.6) is 5.75 Å². The van der Waals surface area contributed by atoms with E-state index in [9.17, 15) is 10.2 Å². The van der Waals surface area contributed by atoms with Gasteiger partial charge in [-0.3, -0.25) is 0 Å². The highest BCUT2D eigenvalue weighted by atomic mass is 16.5. The van der Waals surface area contributed by atoms with E-state index < -0.39 is 11.7 Å². The Balaban J connectivity index is 2.09. The Bertz CT molecular complexity index is 589. The van der Waals surface area contributed by atoms with Crippen molar-refractivity contribution < 1.29 is 14.9 Å². The van der Waals surface area contributed by atoms with Gasteiger partial charge in [0.05, 0.1) is 6.10 Å². The summed E-state index contributed by atoms with van der Waals surface area (Å²) in [6, 6.07) is 15.0. The van der Waals surface area contributed by atoms with Gasteiger partial charge in [0.1, 0.15) is 18.0 Å². The summed E-state index contributed by atoms with van der Waals surface area (Å²) < 4.78 is 5.76. The largest absolute Gasteiger partial charge is 0.490 e. The number of benzene rings is 2. The van der Waals surface area contributed by atoms with Crippen molar-refractivity contribution in [2.45, 2.75) is 32.5 Å². The second kappa shape index (κ2) is 6.29. The maximum atomic E-state index is 10.5. The molecule has 0 radical (unpaired) electrons. The summed E-state index contributed by atoms with van der Waals surface area (Å²) in [7, 11) is 0. The van der Waals surface area contributed by atoms with Gasteiger partial charge in [-0.15, -0.1) is 0 Å². The van der Waals surface area contributed by atoms with Crippen LogP contribution in [-0.2, 0) is 5.60 Å². The van der Waals surface area contributed by atoms with Gasteiger partial charge < -0.3 is 14.9 Å². The molecule has 2 N–H and O–H groups in total. The molecule has 0 saturated carbocycles. The molecule has 0 heterocycles. The molecular weight excluding hydrogens is 264 g/mol. The fraction of sp³-hybridized carbons (Fsp3) is 0.333. The van der Waals surface area contributed by atoms with E-state index in [0.29, 0.717) is 0 Å². The zero-order valence-corrected chi connectivity index (χ0v) is 12.7. The third kappa shape index (κ3) is 3.84. The molecule has 3 nitrogen and oxygen atoms in total. The first-order valence-electron chi connectivity index (χ1n) is 7.09. The van der Waals surface area contributed by atoms with Crippen LogP contribution in [0, 0.1) is 6.92 Å². The highest BCUT2D eigenvalue weighted by Crippen LogP contribution is 2.26. The van der Waals surface area contributed by atoms with E-state index in [0.717, 1.165) is 22.4 Å². The molecule has 0 aliphatic rings. The third-order valence-corrected chi connectivity index (χ3v) is 3.59. The number of aryl methyl sites for hydroxylation is 1. The van der Waals surface area contributed by atoms with Crippen molar-refractivity contribution in [3.8, 4) is 5.75 Å². The fourth-order valence-corrected chi connectivity index (χ4v) is 2.19. The van der Waals surface area contributed by atoms with Crippen LogP contribution in [-0.4, -0.2) is 16.8 Å². The zero-order chi connectivity index (χ0) is 15.5. The van der Waals surface area contributed by atoms with Crippen LogP contribution in [0.4, 0.5) is 0 Å². The van der Waals surface area contributed by atoms with Crippen LogP contribution >= 0.6 is 0 Å². The molecule has 0 aliphatic carbocycles. The first kappa shape index (κ1) is 15.5. The van der Waals surface area contributed by atoms with Crippen LogP contribution < -0.4 is 4.74 Å². The monoisotopic (exact) mass is 286 g/mol. The number of rotatable bonds is 5. The van der Waals surface area contributed by atoms with Gasteiger partial charge in [0.25, 0.3) is 0 Å². The highest BCUT2D eigenvalue weighted by molar-refractivity contribution is 5.37. The molecule has 1 unspecified atom stereocenters. The number of hydrogen-bond acceptors (Lipinski definition) is 3. The molecule has 0 saturated heterocycles. The topological polar surface area (TPSA) is 49.7 Å². The predicted octanol–water partition coefficient (Wildman–Crippen LogP) is 3.33. The molecule has 0 fully saturated rings. The molecule has 2 aromatic carbocycles. The van der Waals surface area contributed by atoms with Gasteiger partial charge in [-0.2, -0.15) is 0 Å². The second-order valence-electron chi connectivity index (χ2n) is 5.63. The Morgan fingerprint density at radius 1 is 1.14 bits per heavy atom. The average molecular weight is 286 g/mol. The van der Waals surface area contributed by atoms with Gasteiger partial charge in [-0.05, 0) is 49.6 Å². The summed E-state index contributed by atoms with van der Waals surface area (Å²) in [6.45, 7) is 5.57. The summed E-state index contributed by atoms with van der Waals surface area (Å²) >= 11 is 0. The first-order chi connectivity index (χ1) is 9.90. The molecule has 0 bridgehead atoms. The minimum atomic E-state index is -1.04. The van der Waals surface area contributed by atoms with Crippen LogP contribution in [0.15, 0.2) is 48.5 Å². The molecule has 2 rings (SSSR count). The summed E-state index contributed by atoms with van der Waals surface area (Å²) in [5, 5.41) is 20.1. The van der Waals surface area contributed by atoms with Gasteiger partial charge in [0, 0.05) is 0 Å².